The van der Waals surface area contributed by atoms with Gasteiger partial charge in [-0.05, 0) is 52.2 Å². The van der Waals surface area contributed by atoms with E-state index in [0.717, 1.165) is 0 Å². The van der Waals surface area contributed by atoms with Crippen LogP contribution in [0.5, 0.6) is 5.75 Å². The summed E-state index contributed by atoms with van der Waals surface area (Å²) in [7, 11) is 1.74. The maximum Gasteiger partial charge on any atom is 0.340 e. The molecule has 0 aliphatic rings. The second-order valence-electron chi connectivity index (χ2n) is 7.34. The topological polar surface area (TPSA) is 92.3 Å². The number of aryl methyl sites for hydroxylation is 1. The number of hydrogen-bond acceptors (Lipinski definition) is 5. The fraction of sp³-hybridized carbons (Fsp3) is 0.217. The highest BCUT2D eigenvalue weighted by atomic mass is 79.9. The van der Waals surface area contributed by atoms with Gasteiger partial charge in [0.2, 0.25) is 0 Å². The summed E-state index contributed by atoms with van der Waals surface area (Å²) >= 11 is 1.63. The van der Waals surface area contributed by atoms with E-state index < -0.39 is 23.0 Å². The van der Waals surface area contributed by atoms with Gasteiger partial charge in [0.05, 0.1) is 40.7 Å². The van der Waals surface area contributed by atoms with Crippen LogP contribution in [-0.4, -0.2) is 36.4 Å². The van der Waals surface area contributed by atoms with Crippen LogP contribution in [0.3, 0.4) is 0 Å². The number of aromatic hydroxyl groups is 1. The fourth-order valence-electron chi connectivity index (χ4n) is 3.82. The van der Waals surface area contributed by atoms with Crippen molar-refractivity contribution in [2.75, 3.05) is 6.61 Å². The normalized spacial score (nSPS) is 12.3. The lowest BCUT2D eigenvalue weighted by Crippen LogP contribution is -2.15. The zero-order valence-electron chi connectivity index (χ0n) is 17.9. The van der Waals surface area contributed by atoms with E-state index in [0.29, 0.717) is 26.6 Å². The number of carbonyl (C=O) groups excluding carboxylic acids is 1. The molecule has 0 amide bonds. The van der Waals surface area contributed by atoms with Gasteiger partial charge in [-0.1, -0.05) is 12.1 Å². The highest BCUT2D eigenvalue weighted by molar-refractivity contribution is 9.10. The molecular weight excluding hydrogens is 513 g/mol. The third-order valence-corrected chi connectivity index (χ3v) is 7.33. The predicted octanol–water partition coefficient (Wildman–Crippen LogP) is 4.51. The number of halogens is 2. The second-order valence-corrected chi connectivity index (χ2v) is 9.61. The molecule has 0 fully saturated rings. The first-order valence-corrected chi connectivity index (χ1v) is 12.2. The third-order valence-electron chi connectivity index (χ3n) is 5.37. The predicted molar refractivity (Wildman–Crippen MR) is 126 cm³/mol. The van der Waals surface area contributed by atoms with E-state index in [2.05, 4.69) is 20.9 Å². The Kier molecular flexibility index (Phi) is 6.78. The van der Waals surface area contributed by atoms with Gasteiger partial charge in [-0.2, -0.15) is 0 Å². The summed E-state index contributed by atoms with van der Waals surface area (Å²) < 4.78 is 36.6. The second kappa shape index (κ2) is 9.58. The van der Waals surface area contributed by atoms with Crippen molar-refractivity contribution < 1.29 is 23.6 Å². The number of ether oxygens (including phenoxy) is 1. The summed E-state index contributed by atoms with van der Waals surface area (Å²) in [5.41, 5.74) is 1.75. The highest BCUT2D eigenvalue weighted by Crippen LogP contribution is 2.40. The summed E-state index contributed by atoms with van der Waals surface area (Å²) in [4.78, 5) is 17.2. The maximum atomic E-state index is 14.3. The van der Waals surface area contributed by atoms with E-state index in [4.69, 9.17) is 4.74 Å². The number of rotatable bonds is 7. The molecule has 0 aliphatic carbocycles. The van der Waals surface area contributed by atoms with Gasteiger partial charge in [-0.3, -0.25) is 0 Å². The zero-order valence-corrected chi connectivity index (χ0v) is 20.3. The van der Waals surface area contributed by atoms with Gasteiger partial charge in [0.15, 0.2) is 16.5 Å². The smallest absolute Gasteiger partial charge is 0.340 e. The van der Waals surface area contributed by atoms with Crippen LogP contribution in [-0.2, 0) is 35.3 Å². The van der Waals surface area contributed by atoms with E-state index in [-0.39, 0.29) is 35.1 Å². The number of phenolic OH excluding ortho intramolecular Hbond substituents is 1. The Balaban J connectivity index is 1.94. The summed E-state index contributed by atoms with van der Waals surface area (Å²) in [5, 5.41) is 11.4. The standard InChI is InChI=1S/C23H21BrFN3O4S/c1-3-32-23(30)21-18(12-33(31)19-7-5-4-6-16(19)25)27(2)17-10-15(24)22(29)14(20(17)21)11-28-9-8-26-13-28/h4-10,13,29H,3,11-12H2,1-2H3. The molecule has 1 unspecified atom stereocenters. The van der Waals surface area contributed by atoms with Crippen molar-refractivity contribution in [2.24, 2.45) is 7.05 Å². The van der Waals surface area contributed by atoms with Gasteiger partial charge in [0.1, 0.15) is 5.75 Å². The maximum absolute atomic E-state index is 14.3. The van der Waals surface area contributed by atoms with Crippen LogP contribution < -0.4 is 0 Å². The molecule has 0 saturated carbocycles. The molecule has 0 aliphatic heterocycles. The van der Waals surface area contributed by atoms with Crippen LogP contribution in [0.25, 0.3) is 10.9 Å². The van der Waals surface area contributed by atoms with E-state index in [9.17, 15) is 18.8 Å². The lowest BCUT2D eigenvalue weighted by Gasteiger charge is -2.13. The highest BCUT2D eigenvalue weighted by Gasteiger charge is 2.30. The number of fused-ring (bicyclic) bond motifs is 1. The van der Waals surface area contributed by atoms with Gasteiger partial charge >= 0.3 is 5.97 Å². The van der Waals surface area contributed by atoms with E-state index in [1.54, 1.807) is 54.0 Å². The van der Waals surface area contributed by atoms with Crippen LogP contribution in [0.2, 0.25) is 0 Å². The number of nitrogens with zero attached hydrogens (tertiary/aromatic N) is 3. The summed E-state index contributed by atoms with van der Waals surface area (Å²) in [5.74, 6) is -1.30. The molecule has 2 aromatic carbocycles. The van der Waals surface area contributed by atoms with E-state index >= 15 is 0 Å². The molecule has 4 aromatic rings. The first-order valence-electron chi connectivity index (χ1n) is 10.1. The molecule has 1 N–H and O–H groups in total. The van der Waals surface area contributed by atoms with Gasteiger partial charge in [0, 0.05) is 30.4 Å². The molecule has 7 nitrogen and oxygen atoms in total. The number of benzene rings is 2. The Morgan fingerprint density at radius 3 is 2.79 bits per heavy atom. The fourth-order valence-corrected chi connectivity index (χ4v) is 5.53. The lowest BCUT2D eigenvalue weighted by atomic mass is 10.0. The quantitative estimate of drug-likeness (QED) is 0.278. The molecule has 172 valence electrons. The Bertz CT molecular complexity index is 1320. The summed E-state index contributed by atoms with van der Waals surface area (Å²) in [6.07, 6.45) is 4.97. The number of imidazole rings is 1. The molecule has 33 heavy (non-hydrogen) atoms. The van der Waals surface area contributed by atoms with Crippen LogP contribution in [0.15, 0.2) is 58.4 Å². The van der Waals surface area contributed by atoms with E-state index in [1.165, 1.54) is 18.2 Å². The number of hydrogen-bond donors (Lipinski definition) is 1. The van der Waals surface area contributed by atoms with Crippen LogP contribution in [0.1, 0.15) is 28.5 Å². The Labute approximate surface area is 201 Å². The number of aromatic nitrogens is 3. The van der Waals surface area contributed by atoms with Gasteiger partial charge in [-0.15, -0.1) is 0 Å². The molecule has 2 heterocycles. The van der Waals surface area contributed by atoms with Crippen molar-refractivity contribution in [1.82, 2.24) is 14.1 Å². The molecule has 10 heteroatoms. The molecule has 0 bridgehead atoms. The van der Waals surface area contributed by atoms with Crippen molar-refractivity contribution in [2.45, 2.75) is 24.1 Å². The SMILES string of the molecule is CCOC(=O)c1c(C[S+]([O-])c2ccccc2F)n(C)c2cc(Br)c(O)c(Cn3ccnc3)c12. The summed E-state index contributed by atoms with van der Waals surface area (Å²) in [6.45, 7) is 2.08. The first kappa shape index (κ1) is 23.3. The van der Waals surface area contributed by atoms with Crippen molar-refractivity contribution in [3.8, 4) is 5.75 Å². The average Bonchev–Trinajstić information content (AvgIpc) is 3.39. The summed E-state index contributed by atoms with van der Waals surface area (Å²) in [6, 6.07) is 7.55. The van der Waals surface area contributed by atoms with Crippen LogP contribution in [0, 0.1) is 5.82 Å². The van der Waals surface area contributed by atoms with Crippen LogP contribution in [0.4, 0.5) is 4.39 Å². The first-order chi connectivity index (χ1) is 15.8. The molecule has 2 aromatic heterocycles. The van der Waals surface area contributed by atoms with Gasteiger partial charge < -0.3 is 23.5 Å². The third kappa shape index (κ3) is 4.38. The number of carbonyl (C=O) groups is 1. The van der Waals surface area contributed by atoms with E-state index in [1.807, 2.05) is 0 Å². The van der Waals surface area contributed by atoms with Gasteiger partial charge in [0.25, 0.3) is 0 Å². The Hall–Kier alpha value is -2.82. The molecule has 0 radical (unpaired) electrons. The van der Waals surface area contributed by atoms with Crippen molar-refractivity contribution >= 4 is 44.0 Å². The Morgan fingerprint density at radius 2 is 2.12 bits per heavy atom. The largest absolute Gasteiger partial charge is 0.611 e. The van der Waals surface area contributed by atoms with Crippen LogP contribution >= 0.6 is 15.9 Å². The lowest BCUT2D eigenvalue weighted by molar-refractivity contribution is 0.0527. The molecule has 0 saturated heterocycles. The molecule has 0 spiro atoms. The minimum Gasteiger partial charge on any atom is -0.611 e. The zero-order chi connectivity index (χ0) is 23.7. The minimum absolute atomic E-state index is 0.0193. The van der Waals surface area contributed by atoms with Gasteiger partial charge in [-0.25, -0.2) is 14.2 Å². The number of esters is 1. The minimum atomic E-state index is -1.76. The monoisotopic (exact) mass is 533 g/mol. The molecular formula is C23H21BrFN3O4S. The number of phenols is 1. The van der Waals surface area contributed by atoms with Crippen molar-refractivity contribution in [3.05, 3.63) is 76.2 Å². The van der Waals surface area contributed by atoms with Crippen molar-refractivity contribution in [3.63, 3.8) is 0 Å². The Morgan fingerprint density at radius 1 is 1.36 bits per heavy atom. The average molecular weight is 534 g/mol. The van der Waals surface area contributed by atoms with Crippen molar-refractivity contribution in [1.29, 1.82) is 0 Å². The molecule has 1 atom stereocenters. The molecule has 4 rings (SSSR count).